The van der Waals surface area contributed by atoms with Gasteiger partial charge in [-0.1, -0.05) is 11.6 Å². The lowest BCUT2D eigenvalue weighted by atomic mass is 10.2. The number of hydrogen-bond donors (Lipinski definition) is 0. The molecule has 0 N–H and O–H groups in total. The molecule has 0 radical (unpaired) electrons. The molecule has 0 aliphatic carbocycles. The van der Waals surface area contributed by atoms with E-state index in [0.717, 1.165) is 11.3 Å². The minimum Gasteiger partial charge on any atom is -0.268 e. The Bertz CT molecular complexity index is 422. The minimum atomic E-state index is 0.499. The summed E-state index contributed by atoms with van der Waals surface area (Å²) in [5, 5.41) is 4.57. The number of hydrogen-bond acceptors (Lipinski definition) is 2. The van der Waals surface area contributed by atoms with Crippen LogP contribution in [0.15, 0.2) is 30.6 Å². The highest BCUT2D eigenvalue weighted by Gasteiger charge is 2.02. The van der Waals surface area contributed by atoms with Crippen molar-refractivity contribution < 1.29 is 0 Å². The van der Waals surface area contributed by atoms with Gasteiger partial charge in [-0.3, -0.25) is 4.68 Å². The van der Waals surface area contributed by atoms with Crippen LogP contribution in [-0.4, -0.2) is 14.8 Å². The fraction of sp³-hybridized carbons (Fsp3) is 0.111. The summed E-state index contributed by atoms with van der Waals surface area (Å²) >= 11 is 5.77. The van der Waals surface area contributed by atoms with E-state index in [4.69, 9.17) is 11.6 Å². The average Bonchev–Trinajstić information content (AvgIpc) is 2.51. The summed E-state index contributed by atoms with van der Waals surface area (Å²) < 4.78 is 1.80. The second kappa shape index (κ2) is 3.18. The van der Waals surface area contributed by atoms with Crippen LogP contribution in [0.25, 0.3) is 11.3 Å². The molecule has 0 amide bonds. The SMILES string of the molecule is Cn1nccc1-c1ccnc(Cl)c1. The van der Waals surface area contributed by atoms with Gasteiger partial charge < -0.3 is 0 Å². The fourth-order valence-electron chi connectivity index (χ4n) is 1.22. The van der Waals surface area contributed by atoms with E-state index in [0.29, 0.717) is 5.15 Å². The van der Waals surface area contributed by atoms with Gasteiger partial charge in [0.1, 0.15) is 5.15 Å². The predicted octanol–water partition coefficient (Wildman–Crippen LogP) is 2.14. The van der Waals surface area contributed by atoms with Crippen LogP contribution in [0.5, 0.6) is 0 Å². The van der Waals surface area contributed by atoms with Crippen molar-refractivity contribution in [2.24, 2.45) is 7.05 Å². The quantitative estimate of drug-likeness (QED) is 0.650. The molecule has 0 fully saturated rings. The maximum absolute atomic E-state index is 5.77. The summed E-state index contributed by atoms with van der Waals surface area (Å²) in [5.41, 5.74) is 2.06. The van der Waals surface area contributed by atoms with Crippen molar-refractivity contribution >= 4 is 11.6 Å². The Morgan fingerprint density at radius 2 is 2.15 bits per heavy atom. The maximum atomic E-state index is 5.77. The molecule has 0 saturated carbocycles. The average molecular weight is 194 g/mol. The zero-order valence-corrected chi connectivity index (χ0v) is 7.86. The van der Waals surface area contributed by atoms with Crippen molar-refractivity contribution in [3.05, 3.63) is 35.7 Å². The van der Waals surface area contributed by atoms with Gasteiger partial charge in [0.25, 0.3) is 0 Å². The van der Waals surface area contributed by atoms with Crippen LogP contribution < -0.4 is 0 Å². The molecule has 2 aromatic rings. The fourth-order valence-corrected chi connectivity index (χ4v) is 1.39. The number of nitrogens with zero attached hydrogens (tertiary/aromatic N) is 3. The monoisotopic (exact) mass is 193 g/mol. The van der Waals surface area contributed by atoms with Crippen LogP contribution in [0.2, 0.25) is 5.15 Å². The molecule has 3 nitrogen and oxygen atoms in total. The van der Waals surface area contributed by atoms with Gasteiger partial charge >= 0.3 is 0 Å². The second-order valence-corrected chi connectivity index (χ2v) is 3.09. The first-order valence-electron chi connectivity index (χ1n) is 3.87. The van der Waals surface area contributed by atoms with E-state index < -0.39 is 0 Å². The van der Waals surface area contributed by atoms with Gasteiger partial charge in [0.2, 0.25) is 0 Å². The van der Waals surface area contributed by atoms with E-state index in [2.05, 4.69) is 10.1 Å². The standard InChI is InChI=1S/C9H8ClN3/c1-13-8(3-5-12-13)7-2-4-11-9(10)6-7/h2-6H,1H3. The van der Waals surface area contributed by atoms with Crippen molar-refractivity contribution in [1.29, 1.82) is 0 Å². The lowest BCUT2D eigenvalue weighted by Crippen LogP contribution is -1.93. The molecule has 2 heterocycles. The number of halogens is 1. The van der Waals surface area contributed by atoms with Crippen LogP contribution in [0, 0.1) is 0 Å². The smallest absolute Gasteiger partial charge is 0.129 e. The van der Waals surface area contributed by atoms with Gasteiger partial charge in [-0.05, 0) is 18.2 Å². The summed E-state index contributed by atoms with van der Waals surface area (Å²) in [6.07, 6.45) is 3.44. The summed E-state index contributed by atoms with van der Waals surface area (Å²) in [6.45, 7) is 0. The van der Waals surface area contributed by atoms with Crippen molar-refractivity contribution in [3.8, 4) is 11.3 Å². The van der Waals surface area contributed by atoms with Crippen molar-refractivity contribution in [1.82, 2.24) is 14.8 Å². The molecule has 2 rings (SSSR count). The summed E-state index contributed by atoms with van der Waals surface area (Å²) in [5.74, 6) is 0. The van der Waals surface area contributed by atoms with Crippen LogP contribution in [0.3, 0.4) is 0 Å². The molecule has 0 aliphatic heterocycles. The highest BCUT2D eigenvalue weighted by Crippen LogP contribution is 2.19. The Morgan fingerprint density at radius 3 is 2.77 bits per heavy atom. The van der Waals surface area contributed by atoms with Gasteiger partial charge in [0, 0.05) is 25.0 Å². The predicted molar refractivity (Wildman–Crippen MR) is 51.4 cm³/mol. The first-order valence-corrected chi connectivity index (χ1v) is 4.25. The first kappa shape index (κ1) is 8.26. The molecule has 0 atom stereocenters. The Balaban J connectivity index is 2.53. The molecule has 0 aromatic carbocycles. The topological polar surface area (TPSA) is 30.7 Å². The minimum absolute atomic E-state index is 0.499. The third-order valence-electron chi connectivity index (χ3n) is 1.84. The molecule has 4 heteroatoms. The van der Waals surface area contributed by atoms with E-state index >= 15 is 0 Å². The Labute approximate surface area is 81.0 Å². The second-order valence-electron chi connectivity index (χ2n) is 2.71. The highest BCUT2D eigenvalue weighted by molar-refractivity contribution is 6.29. The summed E-state index contributed by atoms with van der Waals surface area (Å²) in [7, 11) is 1.89. The molecule has 0 spiro atoms. The van der Waals surface area contributed by atoms with E-state index in [1.54, 1.807) is 17.1 Å². The Morgan fingerprint density at radius 1 is 1.31 bits per heavy atom. The molecule has 66 valence electrons. The van der Waals surface area contributed by atoms with Crippen LogP contribution >= 0.6 is 11.6 Å². The van der Waals surface area contributed by atoms with Gasteiger partial charge in [0.05, 0.1) is 5.69 Å². The third kappa shape index (κ3) is 1.55. The first-order chi connectivity index (χ1) is 6.27. The summed E-state index contributed by atoms with van der Waals surface area (Å²) in [6, 6.07) is 5.66. The largest absolute Gasteiger partial charge is 0.268 e. The molecular formula is C9H8ClN3. The lowest BCUT2D eigenvalue weighted by molar-refractivity contribution is 0.776. The van der Waals surface area contributed by atoms with E-state index in [9.17, 15) is 0 Å². The van der Waals surface area contributed by atoms with E-state index in [1.807, 2.05) is 25.2 Å². The Hall–Kier alpha value is -1.35. The number of aryl methyl sites for hydroxylation is 1. The van der Waals surface area contributed by atoms with E-state index in [-0.39, 0.29) is 0 Å². The van der Waals surface area contributed by atoms with Crippen LogP contribution in [0.4, 0.5) is 0 Å². The lowest BCUT2D eigenvalue weighted by Gasteiger charge is -2.00. The van der Waals surface area contributed by atoms with E-state index in [1.165, 1.54) is 0 Å². The van der Waals surface area contributed by atoms with Gasteiger partial charge in [0.15, 0.2) is 0 Å². The maximum Gasteiger partial charge on any atom is 0.129 e. The van der Waals surface area contributed by atoms with Gasteiger partial charge in [-0.25, -0.2) is 4.98 Å². The zero-order valence-electron chi connectivity index (χ0n) is 7.11. The van der Waals surface area contributed by atoms with Gasteiger partial charge in [-0.2, -0.15) is 5.10 Å². The third-order valence-corrected chi connectivity index (χ3v) is 2.05. The van der Waals surface area contributed by atoms with Crippen molar-refractivity contribution in [3.63, 3.8) is 0 Å². The summed E-state index contributed by atoms with van der Waals surface area (Å²) in [4.78, 5) is 3.92. The molecule has 0 saturated heterocycles. The van der Waals surface area contributed by atoms with Crippen molar-refractivity contribution in [2.45, 2.75) is 0 Å². The molecular weight excluding hydrogens is 186 g/mol. The number of rotatable bonds is 1. The van der Waals surface area contributed by atoms with Crippen LogP contribution in [-0.2, 0) is 7.05 Å². The number of pyridine rings is 1. The van der Waals surface area contributed by atoms with Crippen LogP contribution in [0.1, 0.15) is 0 Å². The zero-order chi connectivity index (χ0) is 9.26. The van der Waals surface area contributed by atoms with Crippen molar-refractivity contribution in [2.75, 3.05) is 0 Å². The highest BCUT2D eigenvalue weighted by atomic mass is 35.5. The molecule has 0 aliphatic rings. The number of aromatic nitrogens is 3. The molecule has 13 heavy (non-hydrogen) atoms. The van der Waals surface area contributed by atoms with Gasteiger partial charge in [-0.15, -0.1) is 0 Å². The molecule has 0 bridgehead atoms. The molecule has 0 unspecified atom stereocenters. The molecule has 2 aromatic heterocycles. The normalized spacial score (nSPS) is 10.3. The Kier molecular flexibility index (Phi) is 2.02.